The lowest BCUT2D eigenvalue weighted by atomic mass is 10.1. The number of benzene rings is 1. The summed E-state index contributed by atoms with van der Waals surface area (Å²) in [5.74, 6) is 0.0175. The first kappa shape index (κ1) is 13.9. The van der Waals surface area contributed by atoms with E-state index in [1.165, 1.54) is 0 Å². The molecular formula is C17H16N4O2. The Bertz CT molecular complexity index is 831. The van der Waals surface area contributed by atoms with E-state index in [2.05, 4.69) is 15.0 Å². The van der Waals surface area contributed by atoms with Crippen LogP contribution in [-0.4, -0.2) is 45.5 Å². The minimum atomic E-state index is -0.105. The first-order valence-corrected chi connectivity index (χ1v) is 7.55. The summed E-state index contributed by atoms with van der Waals surface area (Å²) in [6.07, 6.45) is 5.01. The largest absolute Gasteiger partial charge is 0.370 e. The predicted molar refractivity (Wildman–Crippen MR) is 84.9 cm³/mol. The van der Waals surface area contributed by atoms with Gasteiger partial charge in [0.05, 0.1) is 30.5 Å². The molecule has 3 aromatic rings. The van der Waals surface area contributed by atoms with Crippen LogP contribution in [0.1, 0.15) is 22.0 Å². The molecule has 1 amide bonds. The summed E-state index contributed by atoms with van der Waals surface area (Å²) in [7, 11) is 0. The lowest BCUT2D eigenvalue weighted by Crippen LogP contribution is -2.42. The molecule has 23 heavy (non-hydrogen) atoms. The van der Waals surface area contributed by atoms with Crippen molar-refractivity contribution in [1.82, 2.24) is 19.9 Å². The lowest BCUT2D eigenvalue weighted by Gasteiger charge is -2.33. The van der Waals surface area contributed by atoms with Crippen LogP contribution in [-0.2, 0) is 4.74 Å². The molecule has 6 nitrogen and oxygen atoms in total. The molecule has 116 valence electrons. The van der Waals surface area contributed by atoms with Gasteiger partial charge in [-0.2, -0.15) is 0 Å². The fraction of sp³-hybridized carbons (Fsp3) is 0.235. The predicted octanol–water partition coefficient (Wildman–Crippen LogP) is 2.17. The number of aromatic amines is 1. The Morgan fingerprint density at radius 3 is 3.00 bits per heavy atom. The highest BCUT2D eigenvalue weighted by Gasteiger charge is 2.26. The van der Waals surface area contributed by atoms with E-state index in [1.54, 1.807) is 18.7 Å². The van der Waals surface area contributed by atoms with E-state index in [4.69, 9.17) is 4.74 Å². The number of fused-ring (bicyclic) bond motifs is 1. The standard InChI is InChI=1S/C17H16N4O2/c22-17(13-1-2-14-15(9-13)20-11-19-14)21-7-8-23-16(10-21)12-3-5-18-6-4-12/h1-6,9,11,16H,7-8,10H2,(H,19,20)/t16-/m1/s1. The second-order valence-electron chi connectivity index (χ2n) is 5.53. The summed E-state index contributed by atoms with van der Waals surface area (Å²) in [4.78, 5) is 25.8. The molecule has 4 rings (SSSR count). The van der Waals surface area contributed by atoms with Crippen molar-refractivity contribution in [3.8, 4) is 0 Å². The minimum Gasteiger partial charge on any atom is -0.370 e. The SMILES string of the molecule is O=C(c1ccc2nc[nH]c2c1)N1CCO[C@@H](c2ccncc2)C1. The lowest BCUT2D eigenvalue weighted by molar-refractivity contribution is -0.0228. The van der Waals surface area contributed by atoms with E-state index < -0.39 is 0 Å². The third kappa shape index (κ3) is 2.68. The van der Waals surface area contributed by atoms with E-state index in [-0.39, 0.29) is 12.0 Å². The average molecular weight is 308 g/mol. The Balaban J connectivity index is 1.55. The minimum absolute atomic E-state index is 0.0175. The molecular weight excluding hydrogens is 292 g/mol. The van der Waals surface area contributed by atoms with Crippen molar-refractivity contribution < 1.29 is 9.53 Å². The monoisotopic (exact) mass is 308 g/mol. The second-order valence-corrected chi connectivity index (χ2v) is 5.53. The van der Waals surface area contributed by atoms with E-state index >= 15 is 0 Å². The van der Waals surface area contributed by atoms with Gasteiger partial charge in [0, 0.05) is 24.5 Å². The molecule has 0 unspecified atom stereocenters. The van der Waals surface area contributed by atoms with Crippen molar-refractivity contribution in [3.63, 3.8) is 0 Å². The van der Waals surface area contributed by atoms with Crippen molar-refractivity contribution in [3.05, 3.63) is 60.2 Å². The summed E-state index contributed by atoms with van der Waals surface area (Å²) < 4.78 is 5.80. The molecule has 0 spiro atoms. The third-order valence-electron chi connectivity index (χ3n) is 4.10. The number of hydrogen-bond donors (Lipinski definition) is 1. The number of nitrogens with zero attached hydrogens (tertiary/aromatic N) is 3. The summed E-state index contributed by atoms with van der Waals surface area (Å²) >= 11 is 0. The molecule has 3 heterocycles. The van der Waals surface area contributed by atoms with Crippen LogP contribution in [0.4, 0.5) is 0 Å². The molecule has 2 aromatic heterocycles. The molecule has 6 heteroatoms. The number of pyridine rings is 1. The quantitative estimate of drug-likeness (QED) is 0.787. The second kappa shape index (κ2) is 5.81. The van der Waals surface area contributed by atoms with Crippen LogP contribution >= 0.6 is 0 Å². The van der Waals surface area contributed by atoms with Crippen molar-refractivity contribution in [1.29, 1.82) is 0 Å². The fourth-order valence-corrected chi connectivity index (χ4v) is 2.86. The van der Waals surface area contributed by atoms with Gasteiger partial charge in [-0.25, -0.2) is 4.98 Å². The van der Waals surface area contributed by atoms with Gasteiger partial charge in [0.2, 0.25) is 0 Å². The van der Waals surface area contributed by atoms with Crippen molar-refractivity contribution in [2.45, 2.75) is 6.10 Å². The maximum atomic E-state index is 12.8. The van der Waals surface area contributed by atoms with Gasteiger partial charge in [0.15, 0.2) is 0 Å². The number of ether oxygens (including phenoxy) is 1. The zero-order valence-corrected chi connectivity index (χ0v) is 12.5. The summed E-state index contributed by atoms with van der Waals surface area (Å²) in [5.41, 5.74) is 3.44. The normalized spacial score (nSPS) is 18.3. The number of nitrogens with one attached hydrogen (secondary N) is 1. The summed E-state index contributed by atoms with van der Waals surface area (Å²) in [6.45, 7) is 1.68. The van der Waals surface area contributed by atoms with Gasteiger partial charge in [0.1, 0.15) is 6.10 Å². The molecule has 1 N–H and O–H groups in total. The Labute approximate surface area is 133 Å². The third-order valence-corrected chi connectivity index (χ3v) is 4.10. The summed E-state index contributed by atoms with van der Waals surface area (Å²) in [5, 5.41) is 0. The van der Waals surface area contributed by atoms with Gasteiger partial charge < -0.3 is 14.6 Å². The van der Waals surface area contributed by atoms with Crippen molar-refractivity contribution in [2.24, 2.45) is 0 Å². The molecule has 0 bridgehead atoms. The first-order valence-electron chi connectivity index (χ1n) is 7.55. The molecule has 1 aromatic carbocycles. The van der Waals surface area contributed by atoms with Crippen LogP contribution in [0.25, 0.3) is 11.0 Å². The Morgan fingerprint density at radius 1 is 1.26 bits per heavy atom. The molecule has 1 aliphatic heterocycles. The van der Waals surface area contributed by atoms with Crippen LogP contribution in [0.5, 0.6) is 0 Å². The van der Waals surface area contributed by atoms with E-state index in [0.717, 1.165) is 16.6 Å². The van der Waals surface area contributed by atoms with Crippen LogP contribution in [0.2, 0.25) is 0 Å². The number of carbonyl (C=O) groups is 1. The van der Waals surface area contributed by atoms with Crippen molar-refractivity contribution >= 4 is 16.9 Å². The maximum Gasteiger partial charge on any atom is 0.254 e. The van der Waals surface area contributed by atoms with Crippen LogP contribution in [0.15, 0.2) is 49.1 Å². The number of morpholine rings is 1. The smallest absolute Gasteiger partial charge is 0.254 e. The van der Waals surface area contributed by atoms with Gasteiger partial charge in [-0.05, 0) is 35.9 Å². The number of amides is 1. The molecule has 1 aliphatic rings. The van der Waals surface area contributed by atoms with Gasteiger partial charge >= 0.3 is 0 Å². The molecule has 0 saturated carbocycles. The molecule has 1 saturated heterocycles. The Kier molecular flexibility index (Phi) is 3.51. The van der Waals surface area contributed by atoms with E-state index in [0.29, 0.717) is 25.3 Å². The van der Waals surface area contributed by atoms with Gasteiger partial charge in [-0.15, -0.1) is 0 Å². The highest BCUT2D eigenvalue weighted by molar-refractivity contribution is 5.97. The average Bonchev–Trinajstić information content (AvgIpc) is 3.09. The molecule has 1 fully saturated rings. The fourth-order valence-electron chi connectivity index (χ4n) is 2.86. The van der Waals surface area contributed by atoms with Crippen LogP contribution in [0.3, 0.4) is 0 Å². The highest BCUT2D eigenvalue weighted by Crippen LogP contribution is 2.23. The highest BCUT2D eigenvalue weighted by atomic mass is 16.5. The number of carbonyl (C=O) groups excluding carboxylic acids is 1. The zero-order chi connectivity index (χ0) is 15.6. The summed E-state index contributed by atoms with van der Waals surface area (Å²) in [6, 6.07) is 9.38. The molecule has 0 radical (unpaired) electrons. The van der Waals surface area contributed by atoms with Crippen LogP contribution in [0, 0.1) is 0 Å². The topological polar surface area (TPSA) is 71.1 Å². The van der Waals surface area contributed by atoms with E-state index in [1.807, 2.05) is 35.2 Å². The molecule has 1 atom stereocenters. The number of hydrogen-bond acceptors (Lipinski definition) is 4. The number of imidazole rings is 1. The number of rotatable bonds is 2. The molecule has 0 aliphatic carbocycles. The zero-order valence-electron chi connectivity index (χ0n) is 12.5. The van der Waals surface area contributed by atoms with E-state index in [9.17, 15) is 4.79 Å². The first-order chi connectivity index (χ1) is 11.3. The number of H-pyrrole nitrogens is 1. The van der Waals surface area contributed by atoms with Crippen molar-refractivity contribution in [2.75, 3.05) is 19.7 Å². The Morgan fingerprint density at radius 2 is 2.13 bits per heavy atom. The van der Waals surface area contributed by atoms with Gasteiger partial charge in [0.25, 0.3) is 5.91 Å². The van der Waals surface area contributed by atoms with Gasteiger partial charge in [-0.1, -0.05) is 0 Å². The Hall–Kier alpha value is -2.73. The maximum absolute atomic E-state index is 12.8. The number of aromatic nitrogens is 3. The van der Waals surface area contributed by atoms with Gasteiger partial charge in [-0.3, -0.25) is 9.78 Å². The van der Waals surface area contributed by atoms with Crippen LogP contribution < -0.4 is 0 Å².